The van der Waals surface area contributed by atoms with E-state index in [2.05, 4.69) is 40.5 Å². The van der Waals surface area contributed by atoms with Crippen LogP contribution in [-0.2, 0) is 16.1 Å². The van der Waals surface area contributed by atoms with Crippen molar-refractivity contribution in [1.29, 1.82) is 0 Å². The van der Waals surface area contributed by atoms with E-state index in [9.17, 15) is 4.79 Å². The first-order valence-electron chi connectivity index (χ1n) is 8.90. The molecule has 1 aromatic carbocycles. The molecule has 0 radical (unpaired) electrons. The second-order valence-corrected chi connectivity index (χ2v) is 6.94. The fourth-order valence-corrected chi connectivity index (χ4v) is 3.53. The Morgan fingerprint density at radius 1 is 1.13 bits per heavy atom. The average molecular weight is 316 g/mol. The fourth-order valence-electron chi connectivity index (χ4n) is 3.53. The number of nitrogens with zero attached hydrogens (tertiary/aromatic N) is 1. The second-order valence-electron chi connectivity index (χ2n) is 6.94. The SMILES string of the molecule is O=C(CC1CCN(Cc2ccccc2)CC1)NC[C@H]1CCOC1. The van der Waals surface area contributed by atoms with Crippen LogP contribution in [0.2, 0.25) is 0 Å². The summed E-state index contributed by atoms with van der Waals surface area (Å²) in [6.07, 6.45) is 4.03. The minimum absolute atomic E-state index is 0.221. The van der Waals surface area contributed by atoms with Gasteiger partial charge in [0.15, 0.2) is 0 Å². The van der Waals surface area contributed by atoms with Crippen LogP contribution in [0.15, 0.2) is 30.3 Å². The highest BCUT2D eigenvalue weighted by Crippen LogP contribution is 2.22. The quantitative estimate of drug-likeness (QED) is 0.876. The number of ether oxygens (including phenoxy) is 1. The number of likely N-dealkylation sites (tertiary alicyclic amines) is 1. The molecule has 2 saturated heterocycles. The molecule has 126 valence electrons. The molecule has 2 heterocycles. The molecule has 1 amide bonds. The lowest BCUT2D eigenvalue weighted by atomic mass is 9.93. The van der Waals surface area contributed by atoms with Crippen LogP contribution in [0.25, 0.3) is 0 Å². The van der Waals surface area contributed by atoms with Crippen molar-refractivity contribution in [3.05, 3.63) is 35.9 Å². The van der Waals surface area contributed by atoms with Gasteiger partial charge in [-0.25, -0.2) is 0 Å². The Kier molecular flexibility index (Phi) is 6.06. The van der Waals surface area contributed by atoms with Gasteiger partial charge in [0.05, 0.1) is 6.61 Å². The van der Waals surface area contributed by atoms with Gasteiger partial charge in [-0.15, -0.1) is 0 Å². The van der Waals surface area contributed by atoms with E-state index in [1.54, 1.807) is 0 Å². The van der Waals surface area contributed by atoms with Crippen LogP contribution in [0.3, 0.4) is 0 Å². The van der Waals surface area contributed by atoms with Crippen molar-refractivity contribution in [3.8, 4) is 0 Å². The summed E-state index contributed by atoms with van der Waals surface area (Å²) in [5.41, 5.74) is 1.38. The van der Waals surface area contributed by atoms with Crippen molar-refractivity contribution in [2.75, 3.05) is 32.8 Å². The summed E-state index contributed by atoms with van der Waals surface area (Å²) in [5.74, 6) is 1.28. The summed E-state index contributed by atoms with van der Waals surface area (Å²) in [4.78, 5) is 14.6. The lowest BCUT2D eigenvalue weighted by Gasteiger charge is -2.31. The molecule has 1 N–H and O–H groups in total. The molecule has 0 aromatic heterocycles. The molecule has 2 fully saturated rings. The summed E-state index contributed by atoms with van der Waals surface area (Å²) < 4.78 is 5.34. The third kappa shape index (κ3) is 5.33. The number of piperidine rings is 1. The Morgan fingerprint density at radius 2 is 1.91 bits per heavy atom. The number of hydrogen-bond donors (Lipinski definition) is 1. The van der Waals surface area contributed by atoms with Crippen LogP contribution >= 0.6 is 0 Å². The maximum absolute atomic E-state index is 12.1. The van der Waals surface area contributed by atoms with Gasteiger partial charge >= 0.3 is 0 Å². The van der Waals surface area contributed by atoms with Crippen LogP contribution in [-0.4, -0.2) is 43.7 Å². The molecule has 1 atom stereocenters. The third-order valence-corrected chi connectivity index (χ3v) is 5.04. The molecule has 3 rings (SSSR count). The van der Waals surface area contributed by atoms with Crippen molar-refractivity contribution in [3.63, 3.8) is 0 Å². The van der Waals surface area contributed by atoms with Crippen molar-refractivity contribution >= 4 is 5.91 Å². The standard InChI is InChI=1S/C19H28N2O2/c22-19(20-13-18-8-11-23-15-18)12-16-6-9-21(10-7-16)14-17-4-2-1-3-5-17/h1-5,16,18H,6-15H2,(H,20,22)/t18-/m1/s1. The molecule has 0 spiro atoms. The molecule has 4 nitrogen and oxygen atoms in total. The minimum Gasteiger partial charge on any atom is -0.381 e. The Hall–Kier alpha value is -1.39. The Labute approximate surface area is 139 Å². The highest BCUT2D eigenvalue weighted by Gasteiger charge is 2.22. The summed E-state index contributed by atoms with van der Waals surface area (Å²) in [5, 5.41) is 3.09. The first-order valence-corrected chi connectivity index (χ1v) is 8.90. The van der Waals surface area contributed by atoms with Crippen molar-refractivity contribution in [1.82, 2.24) is 10.2 Å². The molecule has 0 aliphatic carbocycles. The Balaban J connectivity index is 1.33. The number of hydrogen-bond acceptors (Lipinski definition) is 3. The van der Waals surface area contributed by atoms with E-state index >= 15 is 0 Å². The van der Waals surface area contributed by atoms with Gasteiger partial charge in [-0.3, -0.25) is 9.69 Å². The summed E-state index contributed by atoms with van der Waals surface area (Å²) in [6.45, 7) is 5.66. The van der Waals surface area contributed by atoms with E-state index < -0.39 is 0 Å². The molecule has 23 heavy (non-hydrogen) atoms. The van der Waals surface area contributed by atoms with Crippen LogP contribution in [0.4, 0.5) is 0 Å². The first kappa shape index (κ1) is 16.5. The molecule has 4 heteroatoms. The summed E-state index contributed by atoms with van der Waals surface area (Å²) >= 11 is 0. The number of amides is 1. The van der Waals surface area contributed by atoms with E-state index in [1.165, 1.54) is 5.56 Å². The van der Waals surface area contributed by atoms with Crippen molar-refractivity contribution in [2.24, 2.45) is 11.8 Å². The van der Waals surface area contributed by atoms with Crippen LogP contribution < -0.4 is 5.32 Å². The van der Waals surface area contributed by atoms with E-state index in [0.29, 0.717) is 18.3 Å². The van der Waals surface area contributed by atoms with Gasteiger partial charge < -0.3 is 10.1 Å². The second kappa shape index (κ2) is 8.46. The first-order chi connectivity index (χ1) is 11.3. The van der Waals surface area contributed by atoms with Crippen molar-refractivity contribution < 1.29 is 9.53 Å². The minimum atomic E-state index is 0.221. The zero-order chi connectivity index (χ0) is 15.9. The average Bonchev–Trinajstić information content (AvgIpc) is 3.09. The number of nitrogens with one attached hydrogen (secondary N) is 1. The van der Waals surface area contributed by atoms with E-state index in [0.717, 1.165) is 58.7 Å². The zero-order valence-corrected chi connectivity index (χ0v) is 13.9. The van der Waals surface area contributed by atoms with Gasteiger partial charge in [0.25, 0.3) is 0 Å². The zero-order valence-electron chi connectivity index (χ0n) is 13.9. The molecule has 2 aliphatic heterocycles. The van der Waals surface area contributed by atoms with E-state index in [1.807, 2.05) is 0 Å². The molecule has 0 saturated carbocycles. The number of carbonyl (C=O) groups excluding carboxylic acids is 1. The van der Waals surface area contributed by atoms with E-state index in [-0.39, 0.29) is 5.91 Å². The van der Waals surface area contributed by atoms with Gasteiger partial charge in [0.2, 0.25) is 5.91 Å². The van der Waals surface area contributed by atoms with Crippen LogP contribution in [0.5, 0.6) is 0 Å². The third-order valence-electron chi connectivity index (χ3n) is 5.04. The number of benzene rings is 1. The largest absolute Gasteiger partial charge is 0.381 e. The highest BCUT2D eigenvalue weighted by molar-refractivity contribution is 5.76. The molecule has 2 aliphatic rings. The van der Waals surface area contributed by atoms with Gasteiger partial charge in [-0.1, -0.05) is 30.3 Å². The molecule has 0 unspecified atom stereocenters. The van der Waals surface area contributed by atoms with Gasteiger partial charge in [-0.2, -0.15) is 0 Å². The van der Waals surface area contributed by atoms with Gasteiger partial charge in [0.1, 0.15) is 0 Å². The molecular weight excluding hydrogens is 288 g/mol. The Morgan fingerprint density at radius 3 is 2.61 bits per heavy atom. The summed E-state index contributed by atoms with van der Waals surface area (Å²) in [6, 6.07) is 10.6. The van der Waals surface area contributed by atoms with Gasteiger partial charge in [-0.05, 0) is 43.8 Å². The van der Waals surface area contributed by atoms with Gasteiger partial charge in [0, 0.05) is 32.0 Å². The lowest BCUT2D eigenvalue weighted by Crippen LogP contribution is -2.36. The fraction of sp³-hybridized carbons (Fsp3) is 0.632. The predicted octanol–water partition coefficient (Wildman–Crippen LogP) is 2.44. The molecule has 0 bridgehead atoms. The molecule has 1 aromatic rings. The van der Waals surface area contributed by atoms with Crippen molar-refractivity contribution in [2.45, 2.75) is 32.2 Å². The lowest BCUT2D eigenvalue weighted by molar-refractivity contribution is -0.122. The maximum Gasteiger partial charge on any atom is 0.220 e. The highest BCUT2D eigenvalue weighted by atomic mass is 16.5. The van der Waals surface area contributed by atoms with Crippen LogP contribution in [0.1, 0.15) is 31.2 Å². The van der Waals surface area contributed by atoms with E-state index in [4.69, 9.17) is 4.74 Å². The number of rotatable bonds is 6. The Bertz CT molecular complexity index is 477. The number of carbonyl (C=O) groups is 1. The topological polar surface area (TPSA) is 41.6 Å². The maximum atomic E-state index is 12.1. The smallest absolute Gasteiger partial charge is 0.220 e. The predicted molar refractivity (Wildman–Crippen MR) is 91.0 cm³/mol. The monoisotopic (exact) mass is 316 g/mol. The summed E-state index contributed by atoms with van der Waals surface area (Å²) in [7, 11) is 0. The van der Waals surface area contributed by atoms with Crippen LogP contribution in [0, 0.1) is 11.8 Å². The molecular formula is C19H28N2O2. The normalized spacial score (nSPS) is 23.0.